The quantitative estimate of drug-likeness (QED) is 0.338. The lowest BCUT2D eigenvalue weighted by Gasteiger charge is -2.40. The second kappa shape index (κ2) is 12.4. The third-order valence-electron chi connectivity index (χ3n) is 7.37. The zero-order chi connectivity index (χ0) is 28.1. The van der Waals surface area contributed by atoms with Gasteiger partial charge >= 0.3 is 5.97 Å². The maximum atomic E-state index is 15.4. The minimum absolute atomic E-state index is 0.0475. The summed E-state index contributed by atoms with van der Waals surface area (Å²) in [5.74, 6) is -1.82. The number of anilines is 2. The SMILES string of the molecule is CC(C)N(C(=O)c1ccc(N(c2c(F)cccc2C(=O)O)C2CCN(Cc3ccccc3)CC2)cc1)C(C)C. The Kier molecular flexibility index (Phi) is 9.02. The van der Waals surface area contributed by atoms with Crippen LogP contribution >= 0.6 is 0 Å². The number of benzene rings is 3. The number of carbonyl (C=O) groups excluding carboxylic acids is 1. The number of nitrogens with zero attached hydrogens (tertiary/aromatic N) is 3. The fourth-order valence-corrected chi connectivity index (χ4v) is 5.61. The molecule has 0 spiro atoms. The van der Waals surface area contributed by atoms with Crippen molar-refractivity contribution in [1.82, 2.24) is 9.80 Å². The fraction of sp³-hybridized carbons (Fsp3) is 0.375. The van der Waals surface area contributed by atoms with Gasteiger partial charge in [0.2, 0.25) is 0 Å². The Bertz CT molecular complexity index is 1260. The summed E-state index contributed by atoms with van der Waals surface area (Å²) in [4.78, 5) is 31.4. The molecule has 0 atom stereocenters. The highest BCUT2D eigenvalue weighted by molar-refractivity contribution is 5.97. The molecule has 1 aliphatic heterocycles. The Hall–Kier alpha value is -3.71. The molecule has 0 aromatic heterocycles. The zero-order valence-corrected chi connectivity index (χ0v) is 23.2. The lowest BCUT2D eigenvalue weighted by atomic mass is 9.98. The first kappa shape index (κ1) is 28.3. The minimum atomic E-state index is -1.17. The second-order valence-corrected chi connectivity index (χ2v) is 10.8. The summed E-state index contributed by atoms with van der Waals surface area (Å²) >= 11 is 0. The van der Waals surface area contributed by atoms with Gasteiger partial charge in [0, 0.05) is 49.0 Å². The van der Waals surface area contributed by atoms with Crippen molar-refractivity contribution in [3.05, 3.63) is 95.3 Å². The van der Waals surface area contributed by atoms with Crippen molar-refractivity contribution in [3.63, 3.8) is 0 Å². The number of aromatic carboxylic acids is 1. The maximum Gasteiger partial charge on any atom is 0.337 e. The molecule has 39 heavy (non-hydrogen) atoms. The summed E-state index contributed by atoms with van der Waals surface area (Å²) in [7, 11) is 0. The van der Waals surface area contributed by atoms with E-state index in [1.165, 1.54) is 23.8 Å². The minimum Gasteiger partial charge on any atom is -0.478 e. The van der Waals surface area contributed by atoms with E-state index in [1.807, 2.05) is 55.7 Å². The third kappa shape index (κ3) is 6.48. The van der Waals surface area contributed by atoms with Crippen molar-refractivity contribution in [1.29, 1.82) is 0 Å². The van der Waals surface area contributed by atoms with E-state index < -0.39 is 11.8 Å². The Morgan fingerprint density at radius 2 is 1.51 bits per heavy atom. The van der Waals surface area contributed by atoms with Gasteiger partial charge in [-0.2, -0.15) is 0 Å². The molecule has 1 fully saturated rings. The predicted molar refractivity (Wildman–Crippen MR) is 153 cm³/mol. The van der Waals surface area contributed by atoms with Gasteiger partial charge in [0.05, 0.1) is 11.3 Å². The molecule has 7 heteroatoms. The highest BCUT2D eigenvalue weighted by Gasteiger charge is 2.31. The molecule has 1 aliphatic rings. The molecule has 0 aliphatic carbocycles. The highest BCUT2D eigenvalue weighted by Crippen LogP contribution is 2.37. The lowest BCUT2D eigenvalue weighted by Crippen LogP contribution is -2.43. The van der Waals surface area contributed by atoms with E-state index in [-0.39, 0.29) is 35.3 Å². The van der Waals surface area contributed by atoms with Gasteiger partial charge < -0.3 is 14.9 Å². The number of carboxylic acid groups (broad SMARTS) is 1. The Labute approximate surface area is 230 Å². The summed E-state index contributed by atoms with van der Waals surface area (Å²) in [6.07, 6.45) is 1.49. The number of likely N-dealkylation sites (tertiary alicyclic amines) is 1. The molecule has 0 bridgehead atoms. The van der Waals surface area contributed by atoms with Crippen LogP contribution in [-0.2, 0) is 6.54 Å². The van der Waals surface area contributed by atoms with Crippen LogP contribution in [0.5, 0.6) is 0 Å². The van der Waals surface area contributed by atoms with Gasteiger partial charge in [-0.1, -0.05) is 36.4 Å². The average Bonchev–Trinajstić information content (AvgIpc) is 2.91. The molecular weight excluding hydrogens is 493 g/mol. The van der Waals surface area contributed by atoms with Crippen molar-refractivity contribution >= 4 is 23.3 Å². The van der Waals surface area contributed by atoms with Crippen molar-refractivity contribution < 1.29 is 19.1 Å². The molecule has 3 aromatic carbocycles. The zero-order valence-electron chi connectivity index (χ0n) is 23.2. The van der Waals surface area contributed by atoms with Gasteiger partial charge in [0.25, 0.3) is 5.91 Å². The lowest BCUT2D eigenvalue weighted by molar-refractivity contribution is 0.0642. The number of halogens is 1. The second-order valence-electron chi connectivity index (χ2n) is 10.8. The number of hydrogen-bond acceptors (Lipinski definition) is 4. The molecule has 1 heterocycles. The number of piperidine rings is 1. The Morgan fingerprint density at radius 1 is 0.897 bits per heavy atom. The predicted octanol–water partition coefficient (Wildman–Crippen LogP) is 6.59. The maximum absolute atomic E-state index is 15.4. The number of amides is 1. The van der Waals surface area contributed by atoms with Crippen LogP contribution in [0.3, 0.4) is 0 Å². The van der Waals surface area contributed by atoms with Crippen LogP contribution in [0.2, 0.25) is 0 Å². The van der Waals surface area contributed by atoms with Crippen LogP contribution in [0.4, 0.5) is 15.8 Å². The summed E-state index contributed by atoms with van der Waals surface area (Å²) in [5, 5.41) is 9.92. The monoisotopic (exact) mass is 531 g/mol. The summed E-state index contributed by atoms with van der Waals surface area (Å²) in [6.45, 7) is 10.4. The smallest absolute Gasteiger partial charge is 0.337 e. The third-order valence-corrected chi connectivity index (χ3v) is 7.37. The van der Waals surface area contributed by atoms with Crippen molar-refractivity contribution in [2.45, 2.75) is 65.2 Å². The van der Waals surface area contributed by atoms with Gasteiger partial charge in [0.15, 0.2) is 0 Å². The van der Waals surface area contributed by atoms with Crippen LogP contribution in [0, 0.1) is 5.82 Å². The number of rotatable bonds is 9. The van der Waals surface area contributed by atoms with Crippen molar-refractivity contribution in [2.24, 2.45) is 0 Å². The topological polar surface area (TPSA) is 64.1 Å². The Balaban J connectivity index is 1.65. The first-order valence-electron chi connectivity index (χ1n) is 13.7. The first-order valence-corrected chi connectivity index (χ1v) is 13.7. The van der Waals surface area contributed by atoms with E-state index in [9.17, 15) is 14.7 Å². The van der Waals surface area contributed by atoms with Gasteiger partial charge in [-0.25, -0.2) is 9.18 Å². The summed E-state index contributed by atoms with van der Waals surface area (Å²) < 4.78 is 15.4. The summed E-state index contributed by atoms with van der Waals surface area (Å²) in [5.41, 5.74) is 2.45. The van der Waals surface area contributed by atoms with E-state index in [0.29, 0.717) is 11.3 Å². The van der Waals surface area contributed by atoms with Crippen LogP contribution in [0.15, 0.2) is 72.8 Å². The number of para-hydroxylation sites is 1. The van der Waals surface area contributed by atoms with Gasteiger partial charge in [-0.3, -0.25) is 9.69 Å². The van der Waals surface area contributed by atoms with Gasteiger partial charge in [-0.05, 0) is 82.5 Å². The molecule has 1 saturated heterocycles. The van der Waals surface area contributed by atoms with Crippen LogP contribution in [-0.4, -0.2) is 58.0 Å². The van der Waals surface area contributed by atoms with Crippen LogP contribution in [0.25, 0.3) is 0 Å². The molecule has 1 amide bonds. The number of carbonyl (C=O) groups is 2. The molecule has 1 N–H and O–H groups in total. The molecule has 0 radical (unpaired) electrons. The molecule has 0 saturated carbocycles. The normalized spacial score (nSPS) is 14.5. The van der Waals surface area contributed by atoms with E-state index >= 15 is 4.39 Å². The van der Waals surface area contributed by atoms with Gasteiger partial charge in [-0.15, -0.1) is 0 Å². The largest absolute Gasteiger partial charge is 0.478 e. The van der Waals surface area contributed by atoms with Crippen LogP contribution < -0.4 is 4.90 Å². The van der Waals surface area contributed by atoms with Crippen molar-refractivity contribution in [3.8, 4) is 0 Å². The first-order chi connectivity index (χ1) is 18.7. The molecule has 206 valence electrons. The van der Waals surface area contributed by atoms with E-state index in [1.54, 1.807) is 24.3 Å². The highest BCUT2D eigenvalue weighted by atomic mass is 19.1. The standard InChI is InChI=1S/C32H38FN3O3/c1-22(2)35(23(3)4)31(37)25-13-15-26(16-14-25)36(30-28(32(38)39)11-8-12-29(30)33)27-17-19-34(20-18-27)21-24-9-6-5-7-10-24/h5-16,22-23,27H,17-21H2,1-4H3,(H,38,39). The van der Waals surface area contributed by atoms with E-state index in [4.69, 9.17) is 0 Å². The van der Waals surface area contributed by atoms with E-state index in [0.717, 1.165) is 32.5 Å². The number of hydrogen-bond donors (Lipinski definition) is 1. The molecule has 4 rings (SSSR count). The molecule has 3 aromatic rings. The average molecular weight is 532 g/mol. The van der Waals surface area contributed by atoms with Crippen LogP contribution in [0.1, 0.15) is 66.8 Å². The molecule has 0 unspecified atom stereocenters. The van der Waals surface area contributed by atoms with E-state index in [2.05, 4.69) is 17.0 Å². The fourth-order valence-electron chi connectivity index (χ4n) is 5.61. The molecular formula is C32H38FN3O3. The molecule has 6 nitrogen and oxygen atoms in total. The summed E-state index contributed by atoms with van der Waals surface area (Å²) in [6, 6.07) is 21.6. The number of carboxylic acids is 1. The van der Waals surface area contributed by atoms with Gasteiger partial charge in [0.1, 0.15) is 5.82 Å². The van der Waals surface area contributed by atoms with Crippen molar-refractivity contribution in [2.75, 3.05) is 18.0 Å². The Morgan fingerprint density at radius 3 is 2.08 bits per heavy atom.